The van der Waals surface area contributed by atoms with Gasteiger partial charge in [0.05, 0.1) is 23.7 Å². The van der Waals surface area contributed by atoms with E-state index in [9.17, 15) is 19.2 Å². The predicted octanol–water partition coefficient (Wildman–Crippen LogP) is 1.39. The van der Waals surface area contributed by atoms with Crippen LogP contribution in [0.1, 0.15) is 39.5 Å². The molecule has 0 saturated carbocycles. The third-order valence-corrected chi connectivity index (χ3v) is 3.91. The van der Waals surface area contributed by atoms with Crippen LogP contribution in [0.5, 0.6) is 0 Å². The number of aliphatic carboxylic acids is 4. The van der Waals surface area contributed by atoms with Crippen LogP contribution in [-0.4, -0.2) is 44.3 Å². The first-order chi connectivity index (χ1) is 10.2. The summed E-state index contributed by atoms with van der Waals surface area (Å²) in [5.74, 6) is -9.89. The van der Waals surface area contributed by atoms with Crippen LogP contribution in [0.25, 0.3) is 0 Å². The maximum atomic E-state index is 11.2. The van der Waals surface area contributed by atoms with Gasteiger partial charge in [-0.2, -0.15) is 0 Å². The van der Waals surface area contributed by atoms with Gasteiger partial charge in [0.2, 0.25) is 0 Å². The molecule has 0 heterocycles. The average molecular weight is 318 g/mol. The lowest BCUT2D eigenvalue weighted by Gasteiger charge is -2.23. The van der Waals surface area contributed by atoms with Gasteiger partial charge in [-0.25, -0.2) is 0 Å². The molecule has 0 aromatic heterocycles. The smallest absolute Gasteiger partial charge is 0.307 e. The van der Waals surface area contributed by atoms with Crippen molar-refractivity contribution in [1.82, 2.24) is 0 Å². The molecule has 0 amide bonds. The van der Waals surface area contributed by atoms with E-state index in [0.717, 1.165) is 0 Å². The van der Waals surface area contributed by atoms with E-state index in [1.807, 2.05) is 0 Å². The zero-order valence-corrected chi connectivity index (χ0v) is 12.6. The molecular formula is C14H22O8. The van der Waals surface area contributed by atoms with Crippen molar-refractivity contribution in [3.05, 3.63) is 0 Å². The number of carbonyl (C=O) groups is 4. The lowest BCUT2D eigenvalue weighted by molar-refractivity contribution is -0.156. The van der Waals surface area contributed by atoms with Gasteiger partial charge in [0.15, 0.2) is 0 Å². The molecule has 4 N–H and O–H groups in total. The van der Waals surface area contributed by atoms with Crippen molar-refractivity contribution in [2.75, 3.05) is 0 Å². The Morgan fingerprint density at radius 3 is 0.955 bits per heavy atom. The van der Waals surface area contributed by atoms with Crippen LogP contribution >= 0.6 is 0 Å². The molecule has 4 unspecified atom stereocenters. The number of hydrogen-bond acceptors (Lipinski definition) is 4. The molecule has 0 aliphatic rings. The van der Waals surface area contributed by atoms with Crippen LogP contribution in [0, 0.1) is 23.7 Å². The molecule has 0 saturated heterocycles. The van der Waals surface area contributed by atoms with Gasteiger partial charge in [0.1, 0.15) is 0 Å². The maximum Gasteiger partial charge on any atom is 0.307 e. The van der Waals surface area contributed by atoms with Gasteiger partial charge < -0.3 is 20.4 Å². The second-order valence-corrected chi connectivity index (χ2v) is 5.17. The zero-order valence-electron chi connectivity index (χ0n) is 12.6. The molecule has 0 aliphatic heterocycles. The summed E-state index contributed by atoms with van der Waals surface area (Å²) >= 11 is 0. The molecule has 0 aromatic carbocycles. The molecule has 0 spiro atoms. The molecule has 126 valence electrons. The first kappa shape index (κ1) is 19.9. The van der Waals surface area contributed by atoms with E-state index in [-0.39, 0.29) is 25.7 Å². The Hall–Kier alpha value is -2.12. The third kappa shape index (κ3) is 5.34. The van der Waals surface area contributed by atoms with Crippen molar-refractivity contribution < 1.29 is 39.6 Å². The summed E-state index contributed by atoms with van der Waals surface area (Å²) in [5.41, 5.74) is 0. The Morgan fingerprint density at radius 1 is 0.591 bits per heavy atom. The molecule has 22 heavy (non-hydrogen) atoms. The fourth-order valence-electron chi connectivity index (χ4n) is 2.62. The number of rotatable bonds is 11. The van der Waals surface area contributed by atoms with E-state index in [4.69, 9.17) is 20.4 Å². The molecule has 4 atom stereocenters. The highest BCUT2D eigenvalue weighted by Crippen LogP contribution is 2.28. The Bertz CT molecular complexity index is 391. The van der Waals surface area contributed by atoms with E-state index < -0.39 is 47.5 Å². The first-order valence-corrected chi connectivity index (χ1v) is 7.08. The normalized spacial score (nSPS) is 16.3. The number of carboxylic acid groups (broad SMARTS) is 4. The van der Waals surface area contributed by atoms with Gasteiger partial charge in [-0.1, -0.05) is 13.8 Å². The van der Waals surface area contributed by atoms with Crippen molar-refractivity contribution in [2.45, 2.75) is 39.5 Å². The van der Waals surface area contributed by atoms with Gasteiger partial charge in [-0.15, -0.1) is 0 Å². The fraction of sp³-hybridized carbons (Fsp3) is 0.714. The monoisotopic (exact) mass is 318 g/mol. The van der Waals surface area contributed by atoms with Crippen LogP contribution in [0.3, 0.4) is 0 Å². The van der Waals surface area contributed by atoms with Gasteiger partial charge in [0, 0.05) is 0 Å². The molecule has 0 radical (unpaired) electrons. The van der Waals surface area contributed by atoms with Crippen molar-refractivity contribution in [2.24, 2.45) is 23.7 Å². The van der Waals surface area contributed by atoms with E-state index in [1.54, 1.807) is 0 Å². The summed E-state index contributed by atoms with van der Waals surface area (Å²) in [7, 11) is 0. The lowest BCUT2D eigenvalue weighted by Crippen LogP contribution is -2.33. The van der Waals surface area contributed by atoms with Crippen LogP contribution in [-0.2, 0) is 19.2 Å². The topological polar surface area (TPSA) is 149 Å². The number of carboxylic acids is 4. The summed E-state index contributed by atoms with van der Waals surface area (Å²) in [6.07, 6.45) is -0.192. The second-order valence-electron chi connectivity index (χ2n) is 5.17. The maximum absolute atomic E-state index is 11.2. The quantitative estimate of drug-likeness (QED) is 0.446. The molecule has 0 rings (SSSR count). The fourth-order valence-corrected chi connectivity index (χ4v) is 2.62. The first-order valence-electron chi connectivity index (χ1n) is 7.08. The SMILES string of the molecule is CCC(C(=O)O)C(CCC(C(=O)O)C(CC)C(=O)O)C(=O)O. The second kappa shape index (κ2) is 9.01. The Labute approximate surface area is 127 Å². The van der Waals surface area contributed by atoms with E-state index in [2.05, 4.69) is 0 Å². The Kier molecular flexibility index (Phi) is 8.14. The largest absolute Gasteiger partial charge is 0.481 e. The number of hydrogen-bond donors (Lipinski definition) is 4. The van der Waals surface area contributed by atoms with Crippen molar-refractivity contribution >= 4 is 23.9 Å². The van der Waals surface area contributed by atoms with E-state index >= 15 is 0 Å². The van der Waals surface area contributed by atoms with E-state index in [0.29, 0.717) is 0 Å². The third-order valence-electron chi connectivity index (χ3n) is 3.91. The van der Waals surface area contributed by atoms with Gasteiger partial charge in [-0.3, -0.25) is 19.2 Å². The molecule has 0 fully saturated rings. The molecule has 8 heteroatoms. The minimum absolute atomic E-state index is 0.0974. The summed E-state index contributed by atoms with van der Waals surface area (Å²) in [6.45, 7) is 3.07. The minimum atomic E-state index is -1.32. The standard InChI is InChI=1S/C14H22O8/c1-3-7(11(15)16)9(13(19)20)5-6-10(14(21)22)8(4-2)12(17)18/h7-10H,3-6H2,1-2H3,(H,15,16)(H,17,18)(H,19,20)(H,21,22). The van der Waals surface area contributed by atoms with Crippen molar-refractivity contribution in [1.29, 1.82) is 0 Å². The molecule has 8 nitrogen and oxygen atoms in total. The van der Waals surface area contributed by atoms with Gasteiger partial charge >= 0.3 is 23.9 Å². The van der Waals surface area contributed by atoms with Crippen LogP contribution in [0.15, 0.2) is 0 Å². The molecule has 0 bridgehead atoms. The zero-order chi connectivity index (χ0) is 17.4. The minimum Gasteiger partial charge on any atom is -0.481 e. The molecular weight excluding hydrogens is 296 g/mol. The highest BCUT2D eigenvalue weighted by Gasteiger charge is 2.37. The van der Waals surface area contributed by atoms with Crippen molar-refractivity contribution in [3.8, 4) is 0 Å². The van der Waals surface area contributed by atoms with Gasteiger partial charge in [0.25, 0.3) is 0 Å². The highest BCUT2D eigenvalue weighted by atomic mass is 16.4. The Balaban J connectivity index is 5.14. The van der Waals surface area contributed by atoms with E-state index in [1.165, 1.54) is 13.8 Å². The predicted molar refractivity (Wildman–Crippen MR) is 74.3 cm³/mol. The summed E-state index contributed by atoms with van der Waals surface area (Å²) in [6, 6.07) is 0. The molecule has 0 aliphatic carbocycles. The van der Waals surface area contributed by atoms with Crippen LogP contribution in [0.4, 0.5) is 0 Å². The molecule has 0 aromatic rings. The van der Waals surface area contributed by atoms with Crippen molar-refractivity contribution in [3.63, 3.8) is 0 Å². The average Bonchev–Trinajstić information content (AvgIpc) is 2.40. The summed E-state index contributed by atoms with van der Waals surface area (Å²) < 4.78 is 0. The Morgan fingerprint density at radius 2 is 0.818 bits per heavy atom. The summed E-state index contributed by atoms with van der Waals surface area (Å²) in [5, 5.41) is 36.4. The van der Waals surface area contributed by atoms with Crippen LogP contribution in [0.2, 0.25) is 0 Å². The summed E-state index contributed by atoms with van der Waals surface area (Å²) in [4.78, 5) is 44.6. The van der Waals surface area contributed by atoms with Crippen LogP contribution < -0.4 is 0 Å². The lowest BCUT2D eigenvalue weighted by atomic mass is 9.80. The van der Waals surface area contributed by atoms with Gasteiger partial charge in [-0.05, 0) is 25.7 Å². The highest BCUT2D eigenvalue weighted by molar-refractivity contribution is 5.81.